The number of carbonyl (C=O) groups is 1. The fourth-order valence-electron chi connectivity index (χ4n) is 3.92. The van der Waals surface area contributed by atoms with Gasteiger partial charge >= 0.3 is 0 Å². The Morgan fingerprint density at radius 2 is 1.82 bits per heavy atom. The van der Waals surface area contributed by atoms with E-state index in [2.05, 4.69) is 25.8 Å². The van der Waals surface area contributed by atoms with E-state index in [-0.39, 0.29) is 0 Å². The maximum absolute atomic E-state index is 11.9. The lowest BCUT2D eigenvalue weighted by atomic mass is 9.83. The Labute approximate surface area is 131 Å². The molecule has 0 atom stereocenters. The Morgan fingerprint density at radius 3 is 2.45 bits per heavy atom. The van der Waals surface area contributed by atoms with Crippen molar-refractivity contribution >= 4 is 11.7 Å². The number of amides is 1. The molecule has 0 spiro atoms. The van der Waals surface area contributed by atoms with Gasteiger partial charge in [0.1, 0.15) is 12.1 Å². The molecule has 22 heavy (non-hydrogen) atoms. The van der Waals surface area contributed by atoms with Crippen molar-refractivity contribution in [2.45, 2.75) is 56.9 Å². The van der Waals surface area contributed by atoms with Crippen molar-refractivity contribution in [1.82, 2.24) is 14.9 Å². The SMILES string of the molecule is O=C1CCCN1C1CCN(c2cc(C3CCC3)ncn2)CC1. The minimum atomic E-state index is 0.354. The molecule has 4 rings (SSSR count). The van der Waals surface area contributed by atoms with Crippen LogP contribution in [0.3, 0.4) is 0 Å². The number of likely N-dealkylation sites (tertiary alicyclic amines) is 1. The molecule has 1 amide bonds. The van der Waals surface area contributed by atoms with Crippen LogP contribution in [0.4, 0.5) is 5.82 Å². The van der Waals surface area contributed by atoms with Gasteiger partial charge in [-0.25, -0.2) is 9.97 Å². The Hall–Kier alpha value is -1.65. The van der Waals surface area contributed by atoms with Gasteiger partial charge in [-0.15, -0.1) is 0 Å². The van der Waals surface area contributed by atoms with E-state index in [9.17, 15) is 4.79 Å². The highest BCUT2D eigenvalue weighted by molar-refractivity contribution is 5.78. The molecule has 0 aromatic carbocycles. The first-order chi connectivity index (χ1) is 10.8. The average Bonchev–Trinajstić information content (AvgIpc) is 2.92. The van der Waals surface area contributed by atoms with Crippen molar-refractivity contribution in [2.24, 2.45) is 0 Å². The van der Waals surface area contributed by atoms with Crippen LogP contribution in [0, 0.1) is 0 Å². The zero-order chi connectivity index (χ0) is 14.9. The predicted molar refractivity (Wildman–Crippen MR) is 84.8 cm³/mol. The van der Waals surface area contributed by atoms with Crippen molar-refractivity contribution in [3.8, 4) is 0 Å². The maximum Gasteiger partial charge on any atom is 0.222 e. The maximum atomic E-state index is 11.9. The summed E-state index contributed by atoms with van der Waals surface area (Å²) in [5.41, 5.74) is 1.22. The van der Waals surface area contributed by atoms with E-state index in [0.29, 0.717) is 17.9 Å². The average molecular weight is 300 g/mol. The molecular formula is C17H24N4O. The molecule has 3 fully saturated rings. The molecule has 1 aliphatic carbocycles. The van der Waals surface area contributed by atoms with Crippen molar-refractivity contribution in [3.05, 3.63) is 18.1 Å². The van der Waals surface area contributed by atoms with E-state index in [1.54, 1.807) is 6.33 Å². The molecule has 3 aliphatic rings. The molecule has 0 radical (unpaired) electrons. The fourth-order valence-corrected chi connectivity index (χ4v) is 3.92. The minimum Gasteiger partial charge on any atom is -0.356 e. The summed E-state index contributed by atoms with van der Waals surface area (Å²) in [6.07, 6.45) is 9.51. The van der Waals surface area contributed by atoms with Crippen LogP contribution in [0.15, 0.2) is 12.4 Å². The van der Waals surface area contributed by atoms with E-state index in [1.165, 1.54) is 25.0 Å². The van der Waals surface area contributed by atoms with E-state index >= 15 is 0 Å². The lowest BCUT2D eigenvalue weighted by Gasteiger charge is -2.37. The zero-order valence-corrected chi connectivity index (χ0v) is 13.1. The highest BCUT2D eigenvalue weighted by atomic mass is 16.2. The Bertz CT molecular complexity index is 549. The second-order valence-corrected chi connectivity index (χ2v) is 6.84. The number of hydrogen-bond donors (Lipinski definition) is 0. The van der Waals surface area contributed by atoms with Crippen molar-refractivity contribution < 1.29 is 4.79 Å². The summed E-state index contributed by atoms with van der Waals surface area (Å²) in [4.78, 5) is 25.3. The van der Waals surface area contributed by atoms with Gasteiger partial charge in [0, 0.05) is 49.8 Å². The lowest BCUT2D eigenvalue weighted by molar-refractivity contribution is -0.130. The molecule has 5 heteroatoms. The van der Waals surface area contributed by atoms with Crippen LogP contribution in [0.2, 0.25) is 0 Å². The third-order valence-corrected chi connectivity index (χ3v) is 5.54. The van der Waals surface area contributed by atoms with Gasteiger partial charge in [-0.1, -0.05) is 6.42 Å². The second-order valence-electron chi connectivity index (χ2n) is 6.84. The summed E-state index contributed by atoms with van der Waals surface area (Å²) >= 11 is 0. The van der Waals surface area contributed by atoms with Gasteiger partial charge in [0.2, 0.25) is 5.91 Å². The van der Waals surface area contributed by atoms with Crippen LogP contribution < -0.4 is 4.90 Å². The van der Waals surface area contributed by atoms with Gasteiger partial charge in [0.05, 0.1) is 0 Å². The summed E-state index contributed by atoms with van der Waals surface area (Å²) in [6.45, 7) is 2.95. The van der Waals surface area contributed by atoms with E-state index < -0.39 is 0 Å². The number of piperidine rings is 1. The zero-order valence-electron chi connectivity index (χ0n) is 13.1. The smallest absolute Gasteiger partial charge is 0.222 e. The molecule has 5 nitrogen and oxygen atoms in total. The van der Waals surface area contributed by atoms with Crippen LogP contribution in [-0.2, 0) is 4.79 Å². The molecule has 0 unspecified atom stereocenters. The van der Waals surface area contributed by atoms with Crippen LogP contribution >= 0.6 is 0 Å². The number of aromatic nitrogens is 2. The Kier molecular flexibility index (Phi) is 3.72. The summed E-state index contributed by atoms with van der Waals surface area (Å²) < 4.78 is 0. The molecule has 2 saturated heterocycles. The Balaban J connectivity index is 1.39. The number of nitrogens with zero attached hydrogens (tertiary/aromatic N) is 4. The van der Waals surface area contributed by atoms with Crippen LogP contribution in [0.1, 0.15) is 56.6 Å². The van der Waals surface area contributed by atoms with Gasteiger partial charge in [-0.05, 0) is 32.1 Å². The number of rotatable bonds is 3. The third kappa shape index (κ3) is 2.57. The molecule has 1 aromatic rings. The molecule has 0 N–H and O–H groups in total. The van der Waals surface area contributed by atoms with Crippen molar-refractivity contribution in [1.29, 1.82) is 0 Å². The number of anilines is 1. The quantitative estimate of drug-likeness (QED) is 0.859. The van der Waals surface area contributed by atoms with Crippen LogP contribution in [0.5, 0.6) is 0 Å². The van der Waals surface area contributed by atoms with Crippen LogP contribution in [0.25, 0.3) is 0 Å². The third-order valence-electron chi connectivity index (χ3n) is 5.54. The lowest BCUT2D eigenvalue weighted by Crippen LogP contribution is -2.45. The fraction of sp³-hybridized carbons (Fsp3) is 0.706. The predicted octanol–water partition coefficient (Wildman–Crippen LogP) is 2.34. The van der Waals surface area contributed by atoms with Gasteiger partial charge < -0.3 is 9.80 Å². The molecule has 0 bridgehead atoms. The first-order valence-electron chi connectivity index (χ1n) is 8.67. The van der Waals surface area contributed by atoms with Crippen molar-refractivity contribution in [3.63, 3.8) is 0 Å². The normalized spacial score (nSPS) is 23.9. The van der Waals surface area contributed by atoms with E-state index in [1.807, 2.05) is 0 Å². The number of carbonyl (C=O) groups excluding carboxylic acids is 1. The topological polar surface area (TPSA) is 49.3 Å². The van der Waals surface area contributed by atoms with Gasteiger partial charge in [0.15, 0.2) is 0 Å². The molecule has 118 valence electrons. The van der Waals surface area contributed by atoms with E-state index in [0.717, 1.165) is 51.1 Å². The highest BCUT2D eigenvalue weighted by Gasteiger charge is 2.31. The monoisotopic (exact) mass is 300 g/mol. The van der Waals surface area contributed by atoms with Crippen LogP contribution in [-0.4, -0.2) is 46.5 Å². The van der Waals surface area contributed by atoms with Gasteiger partial charge in [-0.3, -0.25) is 4.79 Å². The van der Waals surface area contributed by atoms with E-state index in [4.69, 9.17) is 0 Å². The van der Waals surface area contributed by atoms with Gasteiger partial charge in [-0.2, -0.15) is 0 Å². The highest BCUT2D eigenvalue weighted by Crippen LogP contribution is 2.36. The first-order valence-corrected chi connectivity index (χ1v) is 8.67. The summed E-state index contributed by atoms with van der Waals surface area (Å²) in [5.74, 6) is 2.08. The largest absolute Gasteiger partial charge is 0.356 e. The molecule has 2 aliphatic heterocycles. The summed E-state index contributed by atoms with van der Waals surface area (Å²) in [7, 11) is 0. The molecule has 3 heterocycles. The molecule has 1 aromatic heterocycles. The molecule has 1 saturated carbocycles. The standard InChI is InChI=1S/C17H24N4O/c22-17-5-2-8-21(17)14-6-9-20(10-7-14)16-11-15(18-12-19-16)13-3-1-4-13/h11-14H,1-10H2. The van der Waals surface area contributed by atoms with Gasteiger partial charge in [0.25, 0.3) is 0 Å². The minimum absolute atomic E-state index is 0.354. The second kappa shape index (κ2) is 5.86. The summed E-state index contributed by atoms with van der Waals surface area (Å²) in [6, 6.07) is 2.63. The van der Waals surface area contributed by atoms with Crippen molar-refractivity contribution in [2.75, 3.05) is 24.5 Å². The molecular weight excluding hydrogens is 276 g/mol. The Morgan fingerprint density at radius 1 is 1.00 bits per heavy atom. The first kappa shape index (κ1) is 14.0. The summed E-state index contributed by atoms with van der Waals surface area (Å²) in [5, 5.41) is 0. The number of hydrogen-bond acceptors (Lipinski definition) is 4.